The molecule has 0 amide bonds. The minimum atomic E-state index is 0.504. The van der Waals surface area contributed by atoms with E-state index in [2.05, 4.69) is 4.98 Å². The highest BCUT2D eigenvalue weighted by molar-refractivity contribution is 7.98. The van der Waals surface area contributed by atoms with E-state index in [9.17, 15) is 0 Å². The largest absolute Gasteiger partial charge is 0.497 e. The van der Waals surface area contributed by atoms with Gasteiger partial charge in [-0.05, 0) is 29.8 Å². The van der Waals surface area contributed by atoms with E-state index >= 15 is 0 Å². The standard InChI is InChI=1S/C13H13ClN2OS/c1-17-10-3-4-11(15)12(6-10)18-8-9-2-5-13(14)16-7-9/h2-7H,8,15H2,1H3. The lowest BCUT2D eigenvalue weighted by Crippen LogP contribution is -1.91. The van der Waals surface area contributed by atoms with Crippen LogP contribution >= 0.6 is 23.4 Å². The zero-order valence-corrected chi connectivity index (χ0v) is 11.5. The summed E-state index contributed by atoms with van der Waals surface area (Å²) in [5.41, 5.74) is 7.78. The van der Waals surface area contributed by atoms with Gasteiger partial charge >= 0.3 is 0 Å². The molecule has 2 rings (SSSR count). The zero-order chi connectivity index (χ0) is 13.0. The highest BCUT2D eigenvalue weighted by atomic mass is 35.5. The third kappa shape index (κ3) is 3.31. The second kappa shape index (κ2) is 5.98. The fourth-order valence-corrected chi connectivity index (χ4v) is 2.46. The van der Waals surface area contributed by atoms with Crippen molar-refractivity contribution in [3.05, 3.63) is 47.2 Å². The van der Waals surface area contributed by atoms with Crippen LogP contribution in [0.3, 0.4) is 0 Å². The maximum atomic E-state index is 5.92. The fourth-order valence-electron chi connectivity index (χ4n) is 1.42. The lowest BCUT2D eigenvalue weighted by molar-refractivity contribution is 0.414. The maximum Gasteiger partial charge on any atom is 0.129 e. The Hall–Kier alpha value is -1.39. The molecule has 5 heteroatoms. The monoisotopic (exact) mass is 280 g/mol. The first-order valence-electron chi connectivity index (χ1n) is 5.36. The topological polar surface area (TPSA) is 48.1 Å². The van der Waals surface area contributed by atoms with Gasteiger partial charge in [0.25, 0.3) is 0 Å². The molecule has 3 nitrogen and oxygen atoms in total. The minimum absolute atomic E-state index is 0.504. The summed E-state index contributed by atoms with van der Waals surface area (Å²) >= 11 is 7.39. The summed E-state index contributed by atoms with van der Waals surface area (Å²) in [6.45, 7) is 0. The van der Waals surface area contributed by atoms with Crippen LogP contribution in [0.5, 0.6) is 5.75 Å². The molecule has 0 fully saturated rings. The Balaban J connectivity index is 2.07. The summed E-state index contributed by atoms with van der Waals surface area (Å²) in [5.74, 6) is 1.60. The Bertz CT molecular complexity index is 531. The van der Waals surface area contributed by atoms with Crippen LogP contribution in [0.4, 0.5) is 5.69 Å². The number of nitrogens with two attached hydrogens (primary N) is 1. The molecule has 0 aliphatic carbocycles. The molecule has 2 aromatic rings. The summed E-state index contributed by atoms with van der Waals surface area (Å²) in [6.07, 6.45) is 1.77. The molecule has 0 aliphatic heterocycles. The van der Waals surface area contributed by atoms with Crippen molar-refractivity contribution in [2.45, 2.75) is 10.6 Å². The smallest absolute Gasteiger partial charge is 0.129 e. The van der Waals surface area contributed by atoms with Gasteiger partial charge in [0.2, 0.25) is 0 Å². The first kappa shape index (κ1) is 13.1. The number of anilines is 1. The second-order valence-electron chi connectivity index (χ2n) is 3.68. The molecular formula is C13H13ClN2OS. The van der Waals surface area contributed by atoms with Crippen LogP contribution in [0.2, 0.25) is 5.15 Å². The average molecular weight is 281 g/mol. The number of nitrogen functional groups attached to an aromatic ring is 1. The van der Waals surface area contributed by atoms with Gasteiger partial charge in [-0.25, -0.2) is 4.98 Å². The van der Waals surface area contributed by atoms with Crippen molar-refractivity contribution < 1.29 is 4.74 Å². The Labute approximate surface area is 115 Å². The van der Waals surface area contributed by atoms with Gasteiger partial charge in [-0.15, -0.1) is 11.8 Å². The Kier molecular flexibility index (Phi) is 4.33. The molecular weight excluding hydrogens is 268 g/mol. The molecule has 0 saturated heterocycles. The van der Waals surface area contributed by atoms with Crippen molar-refractivity contribution >= 4 is 29.1 Å². The van der Waals surface area contributed by atoms with Gasteiger partial charge in [-0.2, -0.15) is 0 Å². The van der Waals surface area contributed by atoms with Gasteiger partial charge in [-0.1, -0.05) is 17.7 Å². The lowest BCUT2D eigenvalue weighted by Gasteiger charge is -2.07. The van der Waals surface area contributed by atoms with Crippen LogP contribution in [0, 0.1) is 0 Å². The zero-order valence-electron chi connectivity index (χ0n) is 9.89. The van der Waals surface area contributed by atoms with Gasteiger partial charge in [0.15, 0.2) is 0 Å². The summed E-state index contributed by atoms with van der Waals surface area (Å²) in [7, 11) is 1.64. The number of rotatable bonds is 4. The number of methoxy groups -OCH3 is 1. The molecule has 2 N–H and O–H groups in total. The fraction of sp³-hybridized carbons (Fsp3) is 0.154. The molecule has 1 aromatic carbocycles. The molecule has 0 atom stereocenters. The highest BCUT2D eigenvalue weighted by Gasteiger charge is 2.03. The van der Waals surface area contributed by atoms with E-state index in [1.807, 2.05) is 24.3 Å². The van der Waals surface area contributed by atoms with E-state index in [4.69, 9.17) is 22.1 Å². The van der Waals surface area contributed by atoms with Crippen LogP contribution in [0.15, 0.2) is 41.4 Å². The molecule has 0 bridgehead atoms. The Morgan fingerprint density at radius 3 is 2.83 bits per heavy atom. The molecule has 0 unspecified atom stereocenters. The number of hydrogen-bond donors (Lipinski definition) is 1. The number of pyridine rings is 1. The number of hydrogen-bond acceptors (Lipinski definition) is 4. The summed E-state index contributed by atoms with van der Waals surface area (Å²) in [5, 5.41) is 0.504. The van der Waals surface area contributed by atoms with Gasteiger partial charge in [0.05, 0.1) is 7.11 Å². The summed E-state index contributed by atoms with van der Waals surface area (Å²) in [6, 6.07) is 9.37. The number of thioether (sulfide) groups is 1. The van der Waals surface area contributed by atoms with Gasteiger partial charge < -0.3 is 10.5 Å². The molecule has 1 heterocycles. The molecule has 18 heavy (non-hydrogen) atoms. The van der Waals surface area contributed by atoms with Crippen LogP contribution in [0.25, 0.3) is 0 Å². The normalized spacial score (nSPS) is 10.3. The summed E-state index contributed by atoms with van der Waals surface area (Å²) in [4.78, 5) is 5.05. The maximum absolute atomic E-state index is 5.92. The van der Waals surface area contributed by atoms with Crippen molar-refractivity contribution in [3.8, 4) is 5.75 Å². The van der Waals surface area contributed by atoms with E-state index in [0.717, 1.165) is 27.6 Å². The van der Waals surface area contributed by atoms with Crippen molar-refractivity contribution in [2.24, 2.45) is 0 Å². The van der Waals surface area contributed by atoms with Crippen LogP contribution in [-0.4, -0.2) is 12.1 Å². The van der Waals surface area contributed by atoms with Gasteiger partial charge in [0, 0.05) is 22.5 Å². The van der Waals surface area contributed by atoms with Crippen molar-refractivity contribution in [1.82, 2.24) is 4.98 Å². The van der Waals surface area contributed by atoms with Gasteiger partial charge in [0.1, 0.15) is 10.9 Å². The third-order valence-corrected chi connectivity index (χ3v) is 3.77. The van der Waals surface area contributed by atoms with Crippen molar-refractivity contribution in [2.75, 3.05) is 12.8 Å². The summed E-state index contributed by atoms with van der Waals surface area (Å²) < 4.78 is 5.18. The van der Waals surface area contributed by atoms with Gasteiger partial charge in [-0.3, -0.25) is 0 Å². The van der Waals surface area contributed by atoms with Crippen molar-refractivity contribution in [3.63, 3.8) is 0 Å². The quantitative estimate of drug-likeness (QED) is 0.528. The van der Waals surface area contributed by atoms with Crippen molar-refractivity contribution in [1.29, 1.82) is 0 Å². The van der Waals surface area contributed by atoms with E-state index in [1.165, 1.54) is 0 Å². The Morgan fingerprint density at radius 2 is 2.17 bits per heavy atom. The van der Waals surface area contributed by atoms with Crippen LogP contribution in [-0.2, 0) is 5.75 Å². The first-order valence-corrected chi connectivity index (χ1v) is 6.72. The molecule has 0 saturated carbocycles. The van der Waals surface area contributed by atoms with E-state index in [-0.39, 0.29) is 0 Å². The second-order valence-corrected chi connectivity index (χ2v) is 5.09. The van der Waals surface area contributed by atoms with E-state index in [1.54, 1.807) is 31.1 Å². The SMILES string of the molecule is COc1ccc(N)c(SCc2ccc(Cl)nc2)c1. The number of ether oxygens (including phenoxy) is 1. The van der Waals surface area contributed by atoms with E-state index < -0.39 is 0 Å². The number of halogens is 1. The van der Waals surface area contributed by atoms with Crippen LogP contribution < -0.4 is 10.5 Å². The minimum Gasteiger partial charge on any atom is -0.497 e. The number of nitrogens with zero attached hydrogens (tertiary/aromatic N) is 1. The third-order valence-electron chi connectivity index (χ3n) is 2.40. The molecule has 0 aliphatic rings. The highest BCUT2D eigenvalue weighted by Crippen LogP contribution is 2.31. The number of aromatic nitrogens is 1. The Morgan fingerprint density at radius 1 is 1.33 bits per heavy atom. The average Bonchev–Trinajstić information content (AvgIpc) is 2.40. The molecule has 0 radical (unpaired) electrons. The predicted molar refractivity (Wildman–Crippen MR) is 76.2 cm³/mol. The molecule has 94 valence electrons. The van der Waals surface area contributed by atoms with Crippen LogP contribution in [0.1, 0.15) is 5.56 Å². The molecule has 0 spiro atoms. The first-order chi connectivity index (χ1) is 8.69. The lowest BCUT2D eigenvalue weighted by atomic mass is 10.3. The molecule has 1 aromatic heterocycles. The predicted octanol–water partition coefficient (Wildman–Crippen LogP) is 3.62. The van der Waals surface area contributed by atoms with E-state index in [0.29, 0.717) is 5.15 Å². The number of benzene rings is 1.